The molecule has 49 heavy (non-hydrogen) atoms. The third kappa shape index (κ3) is 8.06. The van der Waals surface area contributed by atoms with Crippen molar-refractivity contribution in [3.8, 4) is 28.7 Å². The summed E-state index contributed by atoms with van der Waals surface area (Å²) in [5, 5.41) is 8.34. The molecule has 1 aromatic heterocycles. The van der Waals surface area contributed by atoms with Gasteiger partial charge in [0.05, 0.1) is 39.2 Å². The maximum atomic E-state index is 13.0. The highest BCUT2D eigenvalue weighted by Gasteiger charge is 2.21. The molecule has 0 aliphatic carbocycles. The Labute approximate surface area is 295 Å². The minimum atomic E-state index is -0.635. The van der Waals surface area contributed by atoms with Crippen LogP contribution in [0.25, 0.3) is 10.1 Å². The lowest BCUT2D eigenvalue weighted by Gasteiger charge is -2.14. The number of rotatable bonds is 12. The number of hydrazone groups is 1. The summed E-state index contributed by atoms with van der Waals surface area (Å²) >= 11 is 13.7. The summed E-state index contributed by atoms with van der Waals surface area (Å²) in [5.41, 5.74) is 4.09. The van der Waals surface area contributed by atoms with E-state index in [1.54, 1.807) is 67.6 Å². The van der Waals surface area contributed by atoms with Gasteiger partial charge in [0.25, 0.3) is 11.8 Å². The van der Waals surface area contributed by atoms with Crippen molar-refractivity contribution in [1.29, 1.82) is 0 Å². The summed E-state index contributed by atoms with van der Waals surface area (Å²) < 4.78 is 28.0. The Bertz CT molecular complexity index is 2040. The van der Waals surface area contributed by atoms with E-state index >= 15 is 0 Å². The molecule has 11 nitrogen and oxygen atoms in total. The second-order valence-electron chi connectivity index (χ2n) is 10.1. The standard InChI is InChI=1S/C35H29Cl2N3O8S/c1-5-47-26-14-19(6-13-25(26)48-35(43)32-30(37)24-12-9-22(36)17-29(24)49-32)18-38-40-34(42)20-7-10-23(11-8-20)39-33(41)21-15-27(44-2)31(46-4)28(16-21)45-3/h6-18H,5H2,1-4H3,(H,39,41)(H,40,42)/b38-18-. The molecule has 4 aromatic carbocycles. The first-order valence-corrected chi connectivity index (χ1v) is 16.1. The van der Waals surface area contributed by atoms with E-state index in [9.17, 15) is 14.4 Å². The van der Waals surface area contributed by atoms with E-state index in [2.05, 4.69) is 15.8 Å². The summed E-state index contributed by atoms with van der Waals surface area (Å²) in [6, 6.07) is 19.4. The minimum Gasteiger partial charge on any atom is -0.493 e. The molecule has 0 aliphatic rings. The first-order valence-electron chi connectivity index (χ1n) is 14.6. The average Bonchev–Trinajstić information content (AvgIpc) is 3.43. The van der Waals surface area contributed by atoms with Crippen LogP contribution in [0.1, 0.15) is 42.9 Å². The highest BCUT2D eigenvalue weighted by atomic mass is 35.5. The number of nitrogens with one attached hydrogen (secondary N) is 2. The predicted octanol–water partition coefficient (Wildman–Crippen LogP) is 7.87. The van der Waals surface area contributed by atoms with Crippen LogP contribution in [0.4, 0.5) is 5.69 Å². The van der Waals surface area contributed by atoms with Gasteiger partial charge in [-0.1, -0.05) is 29.3 Å². The fraction of sp³-hybridized carbons (Fsp3) is 0.143. The van der Waals surface area contributed by atoms with Crippen molar-refractivity contribution in [1.82, 2.24) is 5.43 Å². The van der Waals surface area contributed by atoms with Crippen LogP contribution < -0.4 is 34.4 Å². The Kier molecular flexibility index (Phi) is 11.2. The third-order valence-corrected chi connectivity index (χ3v) is 8.83. The van der Waals surface area contributed by atoms with Crippen molar-refractivity contribution in [3.05, 3.63) is 104 Å². The topological polar surface area (TPSA) is 134 Å². The van der Waals surface area contributed by atoms with Gasteiger partial charge < -0.3 is 29.0 Å². The number of thiophene rings is 1. The third-order valence-electron chi connectivity index (χ3n) is 6.96. The molecule has 0 unspecified atom stereocenters. The maximum absolute atomic E-state index is 13.0. The first kappa shape index (κ1) is 35.0. The maximum Gasteiger partial charge on any atom is 0.355 e. The number of hydrogen-bond acceptors (Lipinski definition) is 10. The van der Waals surface area contributed by atoms with Gasteiger partial charge in [-0.2, -0.15) is 5.10 Å². The van der Waals surface area contributed by atoms with Crippen molar-refractivity contribution < 1.29 is 38.1 Å². The van der Waals surface area contributed by atoms with E-state index in [0.29, 0.717) is 56.8 Å². The number of carbonyl (C=O) groups is 3. The number of halogens is 2. The molecule has 2 amide bonds. The van der Waals surface area contributed by atoms with Crippen molar-refractivity contribution in [2.75, 3.05) is 33.3 Å². The van der Waals surface area contributed by atoms with Gasteiger partial charge in [0.15, 0.2) is 23.0 Å². The number of esters is 1. The van der Waals surface area contributed by atoms with Gasteiger partial charge in [0.1, 0.15) is 4.88 Å². The monoisotopic (exact) mass is 721 g/mol. The molecule has 14 heteroatoms. The lowest BCUT2D eigenvalue weighted by atomic mass is 10.1. The van der Waals surface area contributed by atoms with Gasteiger partial charge in [0, 0.05) is 31.9 Å². The molecule has 0 fully saturated rings. The zero-order valence-corrected chi connectivity index (χ0v) is 28.9. The molecule has 1 heterocycles. The van der Waals surface area contributed by atoms with Crippen molar-refractivity contribution in [2.45, 2.75) is 6.92 Å². The van der Waals surface area contributed by atoms with E-state index in [1.165, 1.54) is 51.0 Å². The fourth-order valence-corrected chi connectivity index (χ4v) is 6.29. The lowest BCUT2D eigenvalue weighted by molar-refractivity contribution is 0.0733. The summed E-state index contributed by atoms with van der Waals surface area (Å²) in [7, 11) is 4.40. The van der Waals surface area contributed by atoms with Crippen LogP contribution in [0, 0.1) is 0 Å². The van der Waals surface area contributed by atoms with E-state index in [4.69, 9.17) is 46.9 Å². The Hall–Kier alpha value is -5.30. The number of fused-ring (bicyclic) bond motifs is 1. The van der Waals surface area contributed by atoms with Crippen LogP contribution in [-0.4, -0.2) is 51.9 Å². The Morgan fingerprint density at radius 1 is 0.796 bits per heavy atom. The highest BCUT2D eigenvalue weighted by Crippen LogP contribution is 2.39. The van der Waals surface area contributed by atoms with E-state index in [-0.39, 0.29) is 21.2 Å². The zero-order chi connectivity index (χ0) is 35.1. The molecule has 0 radical (unpaired) electrons. The quantitative estimate of drug-likeness (QED) is 0.0576. The van der Waals surface area contributed by atoms with Gasteiger partial charge in [-0.15, -0.1) is 11.3 Å². The molecule has 0 bridgehead atoms. The van der Waals surface area contributed by atoms with Gasteiger partial charge in [-0.05, 0) is 79.2 Å². The molecule has 0 saturated heterocycles. The molecule has 2 N–H and O–H groups in total. The molecular formula is C35H29Cl2N3O8S. The van der Waals surface area contributed by atoms with Crippen LogP contribution in [0.15, 0.2) is 77.9 Å². The molecule has 252 valence electrons. The van der Waals surface area contributed by atoms with Crippen LogP contribution in [-0.2, 0) is 0 Å². The zero-order valence-electron chi connectivity index (χ0n) is 26.6. The molecule has 0 saturated carbocycles. The SMILES string of the molecule is CCOc1cc(/C=N\NC(=O)c2ccc(NC(=O)c3cc(OC)c(OC)c(OC)c3)cc2)ccc1OC(=O)c1sc2cc(Cl)ccc2c1Cl. The van der Waals surface area contributed by atoms with E-state index in [1.807, 2.05) is 0 Å². The van der Waals surface area contributed by atoms with Gasteiger partial charge in [0.2, 0.25) is 5.75 Å². The number of methoxy groups -OCH3 is 3. The second-order valence-corrected chi connectivity index (χ2v) is 11.9. The van der Waals surface area contributed by atoms with Crippen molar-refractivity contribution >= 4 is 74.3 Å². The van der Waals surface area contributed by atoms with E-state index in [0.717, 1.165) is 4.70 Å². The van der Waals surface area contributed by atoms with Crippen molar-refractivity contribution in [3.63, 3.8) is 0 Å². The lowest BCUT2D eigenvalue weighted by Crippen LogP contribution is -2.18. The van der Waals surface area contributed by atoms with Crippen molar-refractivity contribution in [2.24, 2.45) is 5.10 Å². The van der Waals surface area contributed by atoms with Crippen LogP contribution >= 0.6 is 34.5 Å². The van der Waals surface area contributed by atoms with Gasteiger partial charge >= 0.3 is 5.97 Å². The summed E-state index contributed by atoms with van der Waals surface area (Å²) in [6.45, 7) is 2.10. The number of hydrogen-bond donors (Lipinski definition) is 2. The Morgan fingerprint density at radius 2 is 1.51 bits per heavy atom. The molecule has 0 atom stereocenters. The fourth-order valence-electron chi connectivity index (χ4n) is 4.62. The number of nitrogens with zero attached hydrogens (tertiary/aromatic N) is 1. The largest absolute Gasteiger partial charge is 0.493 e. The normalized spacial score (nSPS) is 10.9. The van der Waals surface area contributed by atoms with E-state index < -0.39 is 17.8 Å². The molecule has 0 aliphatic heterocycles. The van der Waals surface area contributed by atoms with Gasteiger partial charge in [-0.25, -0.2) is 10.2 Å². The van der Waals surface area contributed by atoms with Crippen LogP contribution in [0.2, 0.25) is 10.0 Å². The smallest absolute Gasteiger partial charge is 0.355 e. The number of anilines is 1. The molecule has 5 aromatic rings. The average molecular weight is 723 g/mol. The number of ether oxygens (including phenoxy) is 5. The second kappa shape index (κ2) is 15.7. The number of benzene rings is 4. The number of amides is 2. The summed E-state index contributed by atoms with van der Waals surface area (Å²) in [5.74, 6) is 0.0171. The number of carbonyl (C=O) groups excluding carboxylic acids is 3. The molecule has 5 rings (SSSR count). The van der Waals surface area contributed by atoms with Crippen LogP contribution in [0.3, 0.4) is 0 Å². The molecular weight excluding hydrogens is 693 g/mol. The Balaban J connectivity index is 1.21. The van der Waals surface area contributed by atoms with Gasteiger partial charge in [-0.3, -0.25) is 9.59 Å². The predicted molar refractivity (Wildman–Crippen MR) is 190 cm³/mol. The first-order chi connectivity index (χ1) is 23.6. The summed E-state index contributed by atoms with van der Waals surface area (Å²) in [6.07, 6.45) is 1.42. The summed E-state index contributed by atoms with van der Waals surface area (Å²) in [4.78, 5) is 38.9. The van der Waals surface area contributed by atoms with Crippen LogP contribution in [0.5, 0.6) is 28.7 Å². The highest BCUT2D eigenvalue weighted by molar-refractivity contribution is 7.21. The molecule has 0 spiro atoms. The Morgan fingerprint density at radius 3 is 2.16 bits per heavy atom. The minimum absolute atomic E-state index is 0.192.